The van der Waals surface area contributed by atoms with Gasteiger partial charge in [0, 0.05) is 11.8 Å². The lowest BCUT2D eigenvalue weighted by Gasteiger charge is -2.06. The Hall–Kier alpha value is -2.38. The molecule has 1 aromatic heterocycles. The smallest absolute Gasteiger partial charge is 0.414 e. The molecule has 0 unspecified atom stereocenters. The number of carbonyl (C=O) groups excluding carboxylic acids is 1. The highest BCUT2D eigenvalue weighted by Crippen LogP contribution is 2.12. The van der Waals surface area contributed by atoms with Gasteiger partial charge < -0.3 is 16.2 Å². The largest absolute Gasteiger partial charge is 0.444 e. The standard InChI is InChI=1S/C8H10FN5O2/c9-5-4(1-2-13-6(5)10)3-16-8(15)14-7(11)12/h1-2H,3H2,(H2,10,13)(H4,11,12,14,15). The van der Waals surface area contributed by atoms with Gasteiger partial charge in [-0.1, -0.05) is 0 Å². The molecule has 0 saturated heterocycles. The van der Waals surface area contributed by atoms with E-state index in [0.29, 0.717) is 0 Å². The number of rotatable bonds is 2. The second kappa shape index (κ2) is 4.91. The fourth-order valence-corrected chi connectivity index (χ4v) is 0.903. The Balaban J connectivity index is 2.58. The average molecular weight is 227 g/mol. The van der Waals surface area contributed by atoms with Crippen molar-refractivity contribution in [2.24, 2.45) is 5.73 Å². The number of halogens is 1. The van der Waals surface area contributed by atoms with Crippen LogP contribution in [0, 0.1) is 11.2 Å². The summed E-state index contributed by atoms with van der Waals surface area (Å²) in [5, 5.41) is 8.62. The third-order valence-electron chi connectivity index (χ3n) is 1.59. The molecule has 0 aliphatic carbocycles. The van der Waals surface area contributed by atoms with Gasteiger partial charge in [-0.15, -0.1) is 0 Å². The molecule has 6 N–H and O–H groups in total. The van der Waals surface area contributed by atoms with E-state index in [1.807, 2.05) is 5.32 Å². The predicted molar refractivity (Wildman–Crippen MR) is 53.8 cm³/mol. The number of guanidine groups is 1. The van der Waals surface area contributed by atoms with Crippen LogP contribution in [-0.4, -0.2) is 17.0 Å². The summed E-state index contributed by atoms with van der Waals surface area (Å²) < 4.78 is 17.8. The Morgan fingerprint density at radius 1 is 1.69 bits per heavy atom. The SMILES string of the molecule is N=C(N)NC(=O)OCc1ccnc(N)c1F. The molecule has 16 heavy (non-hydrogen) atoms. The first-order chi connectivity index (χ1) is 7.50. The molecule has 0 radical (unpaired) electrons. The third-order valence-corrected chi connectivity index (χ3v) is 1.59. The van der Waals surface area contributed by atoms with E-state index in [1.165, 1.54) is 12.3 Å². The lowest BCUT2D eigenvalue weighted by molar-refractivity contribution is 0.143. The Labute approximate surface area is 90.1 Å². The molecule has 1 amide bonds. The van der Waals surface area contributed by atoms with Crippen LogP contribution < -0.4 is 16.8 Å². The molecule has 0 saturated carbocycles. The molecule has 86 valence electrons. The van der Waals surface area contributed by atoms with Gasteiger partial charge in [0.1, 0.15) is 6.61 Å². The zero-order valence-electron chi connectivity index (χ0n) is 8.16. The van der Waals surface area contributed by atoms with Crippen molar-refractivity contribution in [1.29, 1.82) is 5.41 Å². The topological polar surface area (TPSA) is 127 Å². The number of ether oxygens (including phenoxy) is 1. The first-order valence-electron chi connectivity index (χ1n) is 4.17. The van der Waals surface area contributed by atoms with Crippen LogP contribution in [0.3, 0.4) is 0 Å². The second-order valence-electron chi connectivity index (χ2n) is 2.78. The first-order valence-corrected chi connectivity index (χ1v) is 4.17. The number of aromatic nitrogens is 1. The minimum Gasteiger partial charge on any atom is -0.444 e. The molecule has 0 bridgehead atoms. The van der Waals surface area contributed by atoms with Gasteiger partial charge >= 0.3 is 6.09 Å². The average Bonchev–Trinajstić information content (AvgIpc) is 2.19. The van der Waals surface area contributed by atoms with Crippen molar-refractivity contribution < 1.29 is 13.9 Å². The van der Waals surface area contributed by atoms with Crippen LogP contribution in [0.2, 0.25) is 0 Å². The molecule has 0 fully saturated rings. The molecule has 1 heterocycles. The fourth-order valence-electron chi connectivity index (χ4n) is 0.903. The maximum absolute atomic E-state index is 13.2. The molecule has 0 aliphatic rings. The van der Waals surface area contributed by atoms with Gasteiger partial charge in [-0.2, -0.15) is 0 Å². The number of alkyl carbamates (subject to hydrolysis) is 1. The van der Waals surface area contributed by atoms with E-state index < -0.39 is 17.9 Å². The highest BCUT2D eigenvalue weighted by atomic mass is 19.1. The van der Waals surface area contributed by atoms with Crippen molar-refractivity contribution in [2.75, 3.05) is 5.73 Å². The maximum Gasteiger partial charge on any atom is 0.414 e. The van der Waals surface area contributed by atoms with Crippen LogP contribution in [0.1, 0.15) is 5.56 Å². The van der Waals surface area contributed by atoms with Gasteiger partial charge in [0.25, 0.3) is 0 Å². The number of amides is 1. The molecule has 0 spiro atoms. The second-order valence-corrected chi connectivity index (χ2v) is 2.78. The fraction of sp³-hybridized carbons (Fsp3) is 0.125. The molecule has 0 aromatic carbocycles. The van der Waals surface area contributed by atoms with Gasteiger partial charge in [0.05, 0.1) is 0 Å². The highest BCUT2D eigenvalue weighted by Gasteiger charge is 2.09. The molecular formula is C8H10FN5O2. The Bertz CT molecular complexity index is 423. The summed E-state index contributed by atoms with van der Waals surface area (Å²) in [4.78, 5) is 14.4. The number of nitrogens with two attached hydrogens (primary N) is 2. The summed E-state index contributed by atoms with van der Waals surface area (Å²) in [7, 11) is 0. The van der Waals surface area contributed by atoms with Crippen LogP contribution in [0.25, 0.3) is 0 Å². The molecule has 7 nitrogen and oxygen atoms in total. The lowest BCUT2D eigenvalue weighted by Crippen LogP contribution is -2.36. The van der Waals surface area contributed by atoms with Crippen molar-refractivity contribution >= 4 is 17.9 Å². The zero-order valence-corrected chi connectivity index (χ0v) is 8.16. The van der Waals surface area contributed by atoms with Crippen molar-refractivity contribution in [3.05, 3.63) is 23.6 Å². The molecule has 1 aromatic rings. The normalized spacial score (nSPS) is 9.56. The summed E-state index contributed by atoms with van der Waals surface area (Å²) in [6, 6.07) is 1.33. The van der Waals surface area contributed by atoms with Crippen LogP contribution in [-0.2, 0) is 11.3 Å². The summed E-state index contributed by atoms with van der Waals surface area (Å²) in [6.07, 6.45) is 0.349. The summed E-state index contributed by atoms with van der Waals surface area (Å²) in [5.74, 6) is -1.56. The van der Waals surface area contributed by atoms with Gasteiger partial charge in [-0.05, 0) is 6.07 Å². The number of hydrogen-bond donors (Lipinski definition) is 4. The number of pyridine rings is 1. The van der Waals surface area contributed by atoms with Crippen molar-refractivity contribution in [3.63, 3.8) is 0 Å². The van der Waals surface area contributed by atoms with E-state index in [9.17, 15) is 9.18 Å². The Kier molecular flexibility index (Phi) is 3.59. The Morgan fingerprint density at radius 3 is 3.00 bits per heavy atom. The van der Waals surface area contributed by atoms with Crippen molar-refractivity contribution in [3.8, 4) is 0 Å². The van der Waals surface area contributed by atoms with E-state index in [2.05, 4.69) is 9.72 Å². The number of nitrogens with one attached hydrogen (secondary N) is 2. The van der Waals surface area contributed by atoms with Crippen LogP contribution in [0.5, 0.6) is 0 Å². The quantitative estimate of drug-likeness (QED) is 0.415. The number of hydrogen-bond acceptors (Lipinski definition) is 5. The molecule has 0 atom stereocenters. The van der Waals surface area contributed by atoms with Crippen LogP contribution >= 0.6 is 0 Å². The summed E-state index contributed by atoms with van der Waals surface area (Å²) >= 11 is 0. The summed E-state index contributed by atoms with van der Waals surface area (Å²) in [5.41, 5.74) is 10.2. The van der Waals surface area contributed by atoms with Gasteiger partial charge in [0.2, 0.25) is 0 Å². The van der Waals surface area contributed by atoms with E-state index in [-0.39, 0.29) is 18.0 Å². The minimum absolute atomic E-state index is 0.0891. The van der Waals surface area contributed by atoms with E-state index in [0.717, 1.165) is 0 Å². The maximum atomic E-state index is 13.2. The van der Waals surface area contributed by atoms with Crippen molar-refractivity contribution in [1.82, 2.24) is 10.3 Å². The number of nitrogens with zero attached hydrogens (tertiary/aromatic N) is 1. The lowest BCUT2D eigenvalue weighted by atomic mass is 10.2. The highest BCUT2D eigenvalue weighted by molar-refractivity contribution is 5.90. The number of anilines is 1. The first kappa shape index (κ1) is 11.7. The molecule has 8 heteroatoms. The van der Waals surface area contributed by atoms with E-state index in [1.54, 1.807) is 0 Å². The van der Waals surface area contributed by atoms with E-state index >= 15 is 0 Å². The van der Waals surface area contributed by atoms with Crippen LogP contribution in [0.15, 0.2) is 12.3 Å². The van der Waals surface area contributed by atoms with Gasteiger partial charge in [0.15, 0.2) is 17.6 Å². The van der Waals surface area contributed by atoms with Crippen LogP contribution in [0.4, 0.5) is 15.0 Å². The molecule has 0 aliphatic heterocycles. The Morgan fingerprint density at radius 2 is 2.38 bits per heavy atom. The van der Waals surface area contributed by atoms with Gasteiger partial charge in [-0.3, -0.25) is 10.7 Å². The monoisotopic (exact) mass is 227 g/mol. The minimum atomic E-state index is -0.942. The van der Waals surface area contributed by atoms with Gasteiger partial charge in [-0.25, -0.2) is 14.2 Å². The predicted octanol–water partition coefficient (Wildman–Crippen LogP) is -0.0774. The number of carbonyl (C=O) groups is 1. The summed E-state index contributed by atoms with van der Waals surface area (Å²) in [6.45, 7) is -0.322. The molecule has 1 rings (SSSR count). The number of nitrogen functional groups attached to an aromatic ring is 1. The molecular weight excluding hydrogens is 217 g/mol. The van der Waals surface area contributed by atoms with Crippen molar-refractivity contribution in [2.45, 2.75) is 6.61 Å². The van der Waals surface area contributed by atoms with E-state index in [4.69, 9.17) is 16.9 Å². The zero-order chi connectivity index (χ0) is 12.1. The third kappa shape index (κ3) is 3.08.